The van der Waals surface area contributed by atoms with Gasteiger partial charge in [0.2, 0.25) is 11.8 Å². The van der Waals surface area contributed by atoms with Gasteiger partial charge in [0.1, 0.15) is 0 Å². The monoisotopic (exact) mass is 240 g/mol. The van der Waals surface area contributed by atoms with E-state index in [9.17, 15) is 9.59 Å². The molecule has 0 bridgehead atoms. The van der Waals surface area contributed by atoms with Crippen LogP contribution in [0.3, 0.4) is 0 Å². The Kier molecular flexibility index (Phi) is 4.17. The molecule has 0 radical (unpaired) electrons. The number of piperidine rings is 1. The minimum Gasteiger partial charge on any atom is -0.369 e. The van der Waals surface area contributed by atoms with Crippen LogP contribution < -0.4 is 5.73 Å². The first-order valence-electron chi connectivity index (χ1n) is 6.31. The molecule has 1 saturated heterocycles. The molecule has 2 amide bonds. The van der Waals surface area contributed by atoms with Crippen molar-refractivity contribution in [3.05, 3.63) is 0 Å². The highest BCUT2D eigenvalue weighted by Crippen LogP contribution is 2.28. The number of carbonyl (C=O) groups excluding carboxylic acids is 2. The topological polar surface area (TPSA) is 63.4 Å². The second-order valence-electron chi connectivity index (χ2n) is 6.11. The van der Waals surface area contributed by atoms with Gasteiger partial charge in [-0.15, -0.1) is 0 Å². The number of carbonyl (C=O) groups is 2. The lowest BCUT2D eigenvalue weighted by Gasteiger charge is -2.36. The highest BCUT2D eigenvalue weighted by Gasteiger charge is 2.33. The molecule has 98 valence electrons. The van der Waals surface area contributed by atoms with Gasteiger partial charge >= 0.3 is 0 Å². The first-order chi connectivity index (χ1) is 7.73. The fourth-order valence-corrected chi connectivity index (χ4v) is 2.05. The standard InChI is InChI=1S/C13H24N2O2/c1-9(13(2,3)4)12(17)15-7-5-6-10(8-15)11(14)16/h9-10H,5-8H2,1-4H3,(H2,14,16). The largest absolute Gasteiger partial charge is 0.369 e. The molecule has 0 aromatic heterocycles. The number of primary amides is 1. The number of likely N-dealkylation sites (tertiary alicyclic amines) is 1. The van der Waals surface area contributed by atoms with Crippen molar-refractivity contribution in [2.45, 2.75) is 40.5 Å². The maximum atomic E-state index is 12.3. The number of hydrogen-bond acceptors (Lipinski definition) is 2. The molecule has 4 nitrogen and oxygen atoms in total. The third-order valence-corrected chi connectivity index (χ3v) is 3.80. The lowest BCUT2D eigenvalue weighted by molar-refractivity contribution is -0.141. The summed E-state index contributed by atoms with van der Waals surface area (Å²) >= 11 is 0. The average molecular weight is 240 g/mol. The molecule has 17 heavy (non-hydrogen) atoms. The summed E-state index contributed by atoms with van der Waals surface area (Å²) in [6, 6.07) is 0. The zero-order valence-electron chi connectivity index (χ0n) is 11.3. The van der Waals surface area contributed by atoms with E-state index >= 15 is 0 Å². The summed E-state index contributed by atoms with van der Waals surface area (Å²) in [5.74, 6) is -0.344. The van der Waals surface area contributed by atoms with Gasteiger partial charge in [-0.1, -0.05) is 27.7 Å². The van der Waals surface area contributed by atoms with Gasteiger partial charge < -0.3 is 10.6 Å². The van der Waals surface area contributed by atoms with E-state index < -0.39 is 0 Å². The molecule has 0 aromatic rings. The average Bonchev–Trinajstić information content (AvgIpc) is 2.26. The van der Waals surface area contributed by atoms with E-state index in [1.807, 2.05) is 6.92 Å². The molecular formula is C13H24N2O2. The predicted octanol–water partition coefficient (Wildman–Crippen LogP) is 1.39. The van der Waals surface area contributed by atoms with E-state index in [-0.39, 0.29) is 29.1 Å². The lowest BCUT2D eigenvalue weighted by atomic mass is 9.80. The minimum absolute atomic E-state index is 0.0332. The normalized spacial score (nSPS) is 23.3. The van der Waals surface area contributed by atoms with Crippen LogP contribution in [0.25, 0.3) is 0 Å². The highest BCUT2D eigenvalue weighted by molar-refractivity contribution is 5.81. The molecule has 1 rings (SSSR count). The fourth-order valence-electron chi connectivity index (χ4n) is 2.05. The van der Waals surface area contributed by atoms with E-state index in [2.05, 4.69) is 20.8 Å². The molecule has 2 unspecified atom stereocenters. The van der Waals surface area contributed by atoms with Gasteiger partial charge in [0, 0.05) is 19.0 Å². The van der Waals surface area contributed by atoms with Crippen molar-refractivity contribution < 1.29 is 9.59 Å². The van der Waals surface area contributed by atoms with Crippen molar-refractivity contribution in [3.63, 3.8) is 0 Å². The van der Waals surface area contributed by atoms with Crippen LogP contribution in [0.2, 0.25) is 0 Å². The molecule has 1 fully saturated rings. The molecule has 1 heterocycles. The number of nitrogens with zero attached hydrogens (tertiary/aromatic N) is 1. The van der Waals surface area contributed by atoms with Crippen molar-refractivity contribution in [3.8, 4) is 0 Å². The molecule has 0 aliphatic carbocycles. The first-order valence-corrected chi connectivity index (χ1v) is 6.31. The fraction of sp³-hybridized carbons (Fsp3) is 0.846. The van der Waals surface area contributed by atoms with Gasteiger partial charge in [0.05, 0.1) is 5.92 Å². The molecule has 0 aromatic carbocycles. The van der Waals surface area contributed by atoms with Crippen molar-refractivity contribution in [1.29, 1.82) is 0 Å². The van der Waals surface area contributed by atoms with Crippen LogP contribution in [0.5, 0.6) is 0 Å². The first kappa shape index (κ1) is 14.0. The van der Waals surface area contributed by atoms with E-state index in [4.69, 9.17) is 5.73 Å². The summed E-state index contributed by atoms with van der Waals surface area (Å²) < 4.78 is 0. The Bertz CT molecular complexity index is 307. The Labute approximate surface area is 104 Å². The molecule has 2 N–H and O–H groups in total. The van der Waals surface area contributed by atoms with Gasteiger partial charge in [-0.2, -0.15) is 0 Å². The van der Waals surface area contributed by atoms with Crippen LogP contribution in [-0.2, 0) is 9.59 Å². The van der Waals surface area contributed by atoms with E-state index in [1.165, 1.54) is 0 Å². The summed E-state index contributed by atoms with van der Waals surface area (Å²) in [7, 11) is 0. The van der Waals surface area contributed by atoms with Crippen LogP contribution in [0.15, 0.2) is 0 Å². The van der Waals surface area contributed by atoms with Gasteiger partial charge in [0.15, 0.2) is 0 Å². The molecule has 1 aliphatic rings. The van der Waals surface area contributed by atoms with Crippen LogP contribution >= 0.6 is 0 Å². The zero-order valence-corrected chi connectivity index (χ0v) is 11.3. The SMILES string of the molecule is CC(C(=O)N1CCCC(C(N)=O)C1)C(C)(C)C. The highest BCUT2D eigenvalue weighted by atomic mass is 16.2. The summed E-state index contributed by atoms with van der Waals surface area (Å²) in [5.41, 5.74) is 5.27. The van der Waals surface area contributed by atoms with Crippen molar-refractivity contribution in [2.75, 3.05) is 13.1 Å². The van der Waals surface area contributed by atoms with Gasteiger partial charge in [0.25, 0.3) is 0 Å². The van der Waals surface area contributed by atoms with Gasteiger partial charge in [-0.05, 0) is 18.3 Å². The summed E-state index contributed by atoms with van der Waals surface area (Å²) in [6.45, 7) is 9.38. The van der Waals surface area contributed by atoms with E-state index in [0.717, 1.165) is 19.4 Å². The van der Waals surface area contributed by atoms with Crippen LogP contribution in [0.1, 0.15) is 40.5 Å². The molecular weight excluding hydrogens is 216 g/mol. The number of rotatable bonds is 2. The Morgan fingerprint density at radius 2 is 1.94 bits per heavy atom. The Hall–Kier alpha value is -1.06. The summed E-state index contributed by atoms with van der Waals surface area (Å²) in [6.07, 6.45) is 1.68. The third kappa shape index (κ3) is 3.45. The predicted molar refractivity (Wildman–Crippen MR) is 67.1 cm³/mol. The lowest BCUT2D eigenvalue weighted by Crippen LogP contribution is -2.47. The third-order valence-electron chi connectivity index (χ3n) is 3.80. The summed E-state index contributed by atoms with van der Waals surface area (Å²) in [5, 5.41) is 0. The van der Waals surface area contributed by atoms with Crippen molar-refractivity contribution in [2.24, 2.45) is 23.0 Å². The van der Waals surface area contributed by atoms with Gasteiger partial charge in [-0.3, -0.25) is 9.59 Å². The maximum Gasteiger partial charge on any atom is 0.225 e. The van der Waals surface area contributed by atoms with Gasteiger partial charge in [-0.25, -0.2) is 0 Å². The number of hydrogen-bond donors (Lipinski definition) is 1. The molecule has 4 heteroatoms. The number of amides is 2. The van der Waals surface area contributed by atoms with Crippen LogP contribution in [0.4, 0.5) is 0 Å². The van der Waals surface area contributed by atoms with Crippen LogP contribution in [0, 0.1) is 17.3 Å². The second-order valence-corrected chi connectivity index (χ2v) is 6.11. The summed E-state index contributed by atoms with van der Waals surface area (Å²) in [4.78, 5) is 25.3. The van der Waals surface area contributed by atoms with E-state index in [1.54, 1.807) is 4.90 Å². The Morgan fingerprint density at radius 3 is 2.41 bits per heavy atom. The van der Waals surface area contributed by atoms with Crippen LogP contribution in [-0.4, -0.2) is 29.8 Å². The minimum atomic E-state index is -0.286. The quantitative estimate of drug-likeness (QED) is 0.792. The molecule has 2 atom stereocenters. The number of nitrogens with two attached hydrogens (primary N) is 1. The Morgan fingerprint density at radius 1 is 1.35 bits per heavy atom. The molecule has 0 saturated carbocycles. The van der Waals surface area contributed by atoms with E-state index in [0.29, 0.717) is 6.54 Å². The Balaban J connectivity index is 2.67. The van der Waals surface area contributed by atoms with Crippen molar-refractivity contribution in [1.82, 2.24) is 4.90 Å². The van der Waals surface area contributed by atoms with Crippen molar-refractivity contribution >= 4 is 11.8 Å². The second kappa shape index (κ2) is 5.07. The maximum absolute atomic E-state index is 12.3. The zero-order chi connectivity index (χ0) is 13.2. The molecule has 0 spiro atoms. The smallest absolute Gasteiger partial charge is 0.225 e. The molecule has 1 aliphatic heterocycles.